The molecule has 1 N–H and O–H groups in total. The van der Waals surface area contributed by atoms with Gasteiger partial charge in [-0.05, 0) is 30.0 Å². The van der Waals surface area contributed by atoms with Crippen LogP contribution in [0.25, 0.3) is 17.3 Å². The van der Waals surface area contributed by atoms with E-state index < -0.39 is 0 Å². The van der Waals surface area contributed by atoms with E-state index in [2.05, 4.69) is 55.3 Å². The first-order valence-electron chi connectivity index (χ1n) is 8.63. The second kappa shape index (κ2) is 8.11. The molecule has 1 heterocycles. The van der Waals surface area contributed by atoms with E-state index >= 15 is 0 Å². The molecule has 0 fully saturated rings. The SMILES string of the molecule is Cc1ccc(-c2csc(NC(=O)/C=C\c3ccc(C(C)C)cc3)n2)cc1. The predicted octanol–water partition coefficient (Wildman–Crippen LogP) is 5.89. The van der Waals surface area contributed by atoms with E-state index in [0.717, 1.165) is 16.8 Å². The molecule has 0 aliphatic carbocycles. The molecule has 3 nitrogen and oxygen atoms in total. The van der Waals surface area contributed by atoms with E-state index in [-0.39, 0.29) is 5.91 Å². The lowest BCUT2D eigenvalue weighted by Gasteiger charge is -2.04. The van der Waals surface area contributed by atoms with Crippen LogP contribution in [0.2, 0.25) is 0 Å². The van der Waals surface area contributed by atoms with Gasteiger partial charge >= 0.3 is 0 Å². The van der Waals surface area contributed by atoms with Crippen molar-refractivity contribution in [2.75, 3.05) is 5.32 Å². The average Bonchev–Trinajstić information content (AvgIpc) is 3.09. The van der Waals surface area contributed by atoms with Crippen LogP contribution < -0.4 is 5.32 Å². The fourth-order valence-corrected chi connectivity index (χ4v) is 3.22. The number of carbonyl (C=O) groups is 1. The Bertz CT molecular complexity index is 906. The molecule has 0 spiro atoms. The maximum atomic E-state index is 12.1. The Kier molecular flexibility index (Phi) is 5.64. The number of anilines is 1. The van der Waals surface area contributed by atoms with Crippen molar-refractivity contribution in [3.63, 3.8) is 0 Å². The number of nitrogens with one attached hydrogen (secondary N) is 1. The standard InChI is InChI=1S/C22H22N2OS/c1-15(2)18-11-6-17(7-12-18)8-13-21(25)24-22-23-20(14-26-22)19-9-4-16(3)5-10-19/h4-15H,1-3H3,(H,23,24,25)/b13-8-. The predicted molar refractivity (Wildman–Crippen MR) is 110 cm³/mol. The van der Waals surface area contributed by atoms with Crippen LogP contribution in [0.1, 0.15) is 36.5 Å². The van der Waals surface area contributed by atoms with Crippen LogP contribution in [0.4, 0.5) is 5.13 Å². The third kappa shape index (κ3) is 4.67. The zero-order valence-corrected chi connectivity index (χ0v) is 16.0. The first-order chi connectivity index (χ1) is 12.5. The second-order valence-corrected chi connectivity index (χ2v) is 7.41. The number of hydrogen-bond donors (Lipinski definition) is 1. The lowest BCUT2D eigenvalue weighted by molar-refractivity contribution is -0.111. The van der Waals surface area contributed by atoms with Crippen molar-refractivity contribution >= 4 is 28.5 Å². The second-order valence-electron chi connectivity index (χ2n) is 6.55. The monoisotopic (exact) mass is 362 g/mol. The number of amides is 1. The molecule has 0 saturated heterocycles. The summed E-state index contributed by atoms with van der Waals surface area (Å²) in [6.07, 6.45) is 3.35. The molecule has 1 amide bonds. The Morgan fingerprint density at radius 2 is 1.77 bits per heavy atom. The van der Waals surface area contributed by atoms with Gasteiger partial charge in [-0.3, -0.25) is 10.1 Å². The Balaban J connectivity index is 1.62. The van der Waals surface area contributed by atoms with Gasteiger partial charge in [-0.25, -0.2) is 4.98 Å². The van der Waals surface area contributed by atoms with Gasteiger partial charge in [-0.15, -0.1) is 11.3 Å². The summed E-state index contributed by atoms with van der Waals surface area (Å²) in [6.45, 7) is 6.38. The molecular weight excluding hydrogens is 340 g/mol. The third-order valence-corrected chi connectivity index (χ3v) is 4.87. The highest BCUT2D eigenvalue weighted by Gasteiger charge is 2.06. The third-order valence-electron chi connectivity index (χ3n) is 4.11. The molecule has 0 aliphatic heterocycles. The summed E-state index contributed by atoms with van der Waals surface area (Å²) in [4.78, 5) is 16.6. The fraction of sp³-hybridized carbons (Fsp3) is 0.182. The van der Waals surface area contributed by atoms with Crippen LogP contribution in [-0.2, 0) is 4.79 Å². The first kappa shape index (κ1) is 18.1. The molecule has 26 heavy (non-hydrogen) atoms. The van der Waals surface area contributed by atoms with Crippen molar-refractivity contribution in [3.8, 4) is 11.3 Å². The van der Waals surface area contributed by atoms with E-state index in [9.17, 15) is 4.79 Å². The maximum absolute atomic E-state index is 12.1. The van der Waals surface area contributed by atoms with Crippen LogP contribution in [0.5, 0.6) is 0 Å². The highest BCUT2D eigenvalue weighted by molar-refractivity contribution is 7.14. The van der Waals surface area contributed by atoms with Crippen molar-refractivity contribution < 1.29 is 4.79 Å². The number of hydrogen-bond acceptors (Lipinski definition) is 3. The van der Waals surface area contributed by atoms with E-state index in [1.54, 1.807) is 0 Å². The summed E-state index contributed by atoms with van der Waals surface area (Å²) >= 11 is 1.43. The Morgan fingerprint density at radius 1 is 1.08 bits per heavy atom. The van der Waals surface area contributed by atoms with Gasteiger partial charge in [-0.2, -0.15) is 0 Å². The molecule has 3 rings (SSSR count). The van der Waals surface area contributed by atoms with Crippen molar-refractivity contribution in [2.45, 2.75) is 26.7 Å². The fourth-order valence-electron chi connectivity index (χ4n) is 2.50. The van der Waals surface area contributed by atoms with Gasteiger partial charge in [0.2, 0.25) is 5.91 Å². The average molecular weight is 362 g/mol. The van der Waals surface area contributed by atoms with Gasteiger partial charge in [0, 0.05) is 17.0 Å². The van der Waals surface area contributed by atoms with Crippen molar-refractivity contribution in [1.29, 1.82) is 0 Å². The lowest BCUT2D eigenvalue weighted by Crippen LogP contribution is -2.07. The minimum absolute atomic E-state index is 0.178. The van der Waals surface area contributed by atoms with Crippen molar-refractivity contribution in [3.05, 3.63) is 76.7 Å². The van der Waals surface area contributed by atoms with Gasteiger partial charge in [-0.1, -0.05) is 67.9 Å². The number of benzene rings is 2. The van der Waals surface area contributed by atoms with Crippen LogP contribution >= 0.6 is 11.3 Å². The van der Waals surface area contributed by atoms with Gasteiger partial charge in [0.05, 0.1) is 5.69 Å². The van der Waals surface area contributed by atoms with Crippen LogP contribution in [0, 0.1) is 6.92 Å². The molecular formula is C22H22N2OS. The number of carbonyl (C=O) groups excluding carboxylic acids is 1. The molecule has 0 bridgehead atoms. The van der Waals surface area contributed by atoms with Gasteiger partial charge in [0.15, 0.2) is 5.13 Å². The maximum Gasteiger partial charge on any atom is 0.250 e. The minimum Gasteiger partial charge on any atom is -0.298 e. The molecule has 3 aromatic rings. The lowest BCUT2D eigenvalue weighted by atomic mass is 10.0. The first-order valence-corrected chi connectivity index (χ1v) is 9.51. The molecule has 1 aromatic heterocycles. The molecule has 2 aromatic carbocycles. The molecule has 0 unspecified atom stereocenters. The normalized spacial score (nSPS) is 11.2. The summed E-state index contributed by atoms with van der Waals surface area (Å²) in [5, 5.41) is 5.38. The van der Waals surface area contributed by atoms with Gasteiger partial charge < -0.3 is 0 Å². The Morgan fingerprint density at radius 3 is 2.42 bits per heavy atom. The summed E-state index contributed by atoms with van der Waals surface area (Å²) in [5.41, 5.74) is 5.43. The summed E-state index contributed by atoms with van der Waals surface area (Å²) in [7, 11) is 0. The topological polar surface area (TPSA) is 42.0 Å². The quantitative estimate of drug-likeness (QED) is 0.575. The summed E-state index contributed by atoms with van der Waals surface area (Å²) in [6, 6.07) is 16.4. The zero-order valence-electron chi connectivity index (χ0n) is 15.2. The largest absolute Gasteiger partial charge is 0.298 e. The summed E-state index contributed by atoms with van der Waals surface area (Å²) in [5.74, 6) is 0.326. The molecule has 0 saturated carbocycles. The van der Waals surface area contributed by atoms with Crippen LogP contribution in [0.3, 0.4) is 0 Å². The molecule has 0 aliphatic rings. The Hall–Kier alpha value is -2.72. The molecule has 132 valence electrons. The van der Waals surface area contributed by atoms with Gasteiger partial charge in [0.25, 0.3) is 0 Å². The number of aromatic nitrogens is 1. The van der Waals surface area contributed by atoms with Crippen molar-refractivity contribution in [2.24, 2.45) is 0 Å². The van der Waals surface area contributed by atoms with Crippen LogP contribution in [0.15, 0.2) is 60.0 Å². The Labute approximate surface area is 158 Å². The number of aryl methyl sites for hydroxylation is 1. The number of thiazole rings is 1. The summed E-state index contributed by atoms with van der Waals surface area (Å²) < 4.78 is 0. The molecule has 0 atom stereocenters. The highest BCUT2D eigenvalue weighted by atomic mass is 32.1. The van der Waals surface area contributed by atoms with Crippen LogP contribution in [-0.4, -0.2) is 10.9 Å². The van der Waals surface area contributed by atoms with Crippen molar-refractivity contribution in [1.82, 2.24) is 4.98 Å². The number of rotatable bonds is 5. The number of nitrogens with zero attached hydrogens (tertiary/aromatic N) is 1. The van der Waals surface area contributed by atoms with E-state index in [1.807, 2.05) is 35.7 Å². The zero-order chi connectivity index (χ0) is 18.5. The molecule has 4 heteroatoms. The minimum atomic E-state index is -0.178. The highest BCUT2D eigenvalue weighted by Crippen LogP contribution is 2.25. The van der Waals surface area contributed by atoms with Gasteiger partial charge in [0.1, 0.15) is 0 Å². The van der Waals surface area contributed by atoms with E-state index in [1.165, 1.54) is 28.5 Å². The van der Waals surface area contributed by atoms with E-state index in [4.69, 9.17) is 0 Å². The van der Waals surface area contributed by atoms with E-state index in [0.29, 0.717) is 11.0 Å². The molecule has 0 radical (unpaired) electrons. The smallest absolute Gasteiger partial charge is 0.250 e.